The summed E-state index contributed by atoms with van der Waals surface area (Å²) in [5.41, 5.74) is 0. The fourth-order valence-electron chi connectivity index (χ4n) is 0.368. The molecule has 0 spiro atoms. The number of carbonyl (C=O) groups is 1. The minimum absolute atomic E-state index is 0.0842. The fourth-order valence-corrected chi connectivity index (χ4v) is 0.368. The van der Waals surface area contributed by atoms with Crippen molar-refractivity contribution >= 4 is 5.97 Å². The number of terminal acetylenes is 1. The van der Waals surface area contributed by atoms with E-state index in [1.54, 1.807) is 6.92 Å². The van der Waals surface area contributed by atoms with Gasteiger partial charge in [0.2, 0.25) is 0 Å². The van der Waals surface area contributed by atoms with E-state index in [1.807, 2.05) is 0 Å². The predicted octanol–water partition coefficient (Wildman–Crippen LogP) is -0.229. The van der Waals surface area contributed by atoms with Gasteiger partial charge in [-0.1, -0.05) is 5.92 Å². The zero-order chi connectivity index (χ0) is 7.98. The molecular weight excluding hydrogens is 130 g/mol. The van der Waals surface area contributed by atoms with Crippen molar-refractivity contribution in [1.82, 2.24) is 5.32 Å². The van der Waals surface area contributed by atoms with Gasteiger partial charge in [0.1, 0.15) is 0 Å². The molecule has 0 saturated heterocycles. The Bertz CT molecular complexity index is 148. The highest BCUT2D eigenvalue weighted by molar-refractivity contribution is 5.71. The summed E-state index contributed by atoms with van der Waals surface area (Å²) >= 11 is 0. The van der Waals surface area contributed by atoms with Crippen molar-refractivity contribution in [3.8, 4) is 12.3 Å². The number of hydrogen-bond donors (Lipinski definition) is 1. The molecule has 0 saturated carbocycles. The Morgan fingerprint density at radius 1 is 1.90 bits per heavy atom. The third-order valence-electron chi connectivity index (χ3n) is 1.03. The molecule has 0 fully saturated rings. The molecule has 0 aliphatic heterocycles. The van der Waals surface area contributed by atoms with Gasteiger partial charge in [0.15, 0.2) is 0 Å². The van der Waals surface area contributed by atoms with Crippen LogP contribution in [0, 0.1) is 12.3 Å². The molecule has 1 N–H and O–H groups in total. The van der Waals surface area contributed by atoms with Crippen LogP contribution >= 0.6 is 0 Å². The Balaban J connectivity index is 3.37. The Labute approximate surface area is 60.8 Å². The molecule has 0 radical (unpaired) electrons. The smallest absolute Gasteiger partial charge is 0.319 e. The quantitative estimate of drug-likeness (QED) is 0.436. The van der Waals surface area contributed by atoms with Crippen LogP contribution in [-0.4, -0.2) is 25.7 Å². The molecule has 3 nitrogen and oxygen atoms in total. The lowest BCUT2D eigenvalue weighted by atomic mass is 10.3. The minimum atomic E-state index is -0.304. The van der Waals surface area contributed by atoms with Gasteiger partial charge >= 0.3 is 5.97 Å². The maximum atomic E-state index is 10.5. The van der Waals surface area contributed by atoms with Crippen molar-refractivity contribution < 1.29 is 9.53 Å². The van der Waals surface area contributed by atoms with Gasteiger partial charge in [-0.3, -0.25) is 10.1 Å². The van der Waals surface area contributed by atoms with Crippen molar-refractivity contribution in [2.24, 2.45) is 0 Å². The predicted molar refractivity (Wildman–Crippen MR) is 38.3 cm³/mol. The highest BCUT2D eigenvalue weighted by Crippen LogP contribution is 1.76. The maximum absolute atomic E-state index is 10.5. The van der Waals surface area contributed by atoms with Gasteiger partial charge in [0.05, 0.1) is 19.7 Å². The van der Waals surface area contributed by atoms with Crippen LogP contribution in [0.25, 0.3) is 0 Å². The molecule has 0 bridgehead atoms. The number of rotatable bonds is 3. The molecule has 0 aromatic carbocycles. The lowest BCUT2D eigenvalue weighted by Gasteiger charge is -2.04. The van der Waals surface area contributed by atoms with Gasteiger partial charge in [-0.05, 0) is 6.92 Å². The third kappa shape index (κ3) is 3.93. The molecule has 0 aromatic rings. The minimum Gasteiger partial charge on any atom is -0.468 e. The molecule has 10 heavy (non-hydrogen) atoms. The van der Waals surface area contributed by atoms with Gasteiger partial charge < -0.3 is 4.74 Å². The normalized spacial score (nSPS) is 11.7. The Kier molecular flexibility index (Phi) is 4.34. The molecule has 0 amide bonds. The van der Waals surface area contributed by atoms with Crippen LogP contribution in [0.3, 0.4) is 0 Å². The van der Waals surface area contributed by atoms with Crippen LogP contribution in [-0.2, 0) is 9.53 Å². The number of esters is 1. The Hall–Kier alpha value is -1.01. The van der Waals surface area contributed by atoms with Crippen molar-refractivity contribution in [2.45, 2.75) is 13.0 Å². The number of nitrogens with one attached hydrogen (secondary N) is 1. The van der Waals surface area contributed by atoms with Gasteiger partial charge in [-0.15, -0.1) is 6.42 Å². The summed E-state index contributed by atoms with van der Waals surface area (Å²) in [5, 5.41) is 2.77. The second-order valence-electron chi connectivity index (χ2n) is 1.85. The molecule has 56 valence electrons. The Morgan fingerprint density at radius 2 is 2.50 bits per heavy atom. The van der Waals surface area contributed by atoms with Crippen LogP contribution in [0.5, 0.6) is 0 Å². The number of ether oxygens (including phenoxy) is 1. The molecule has 1 unspecified atom stereocenters. The van der Waals surface area contributed by atoms with E-state index in [1.165, 1.54) is 7.11 Å². The van der Waals surface area contributed by atoms with Crippen molar-refractivity contribution in [3.05, 3.63) is 0 Å². The maximum Gasteiger partial charge on any atom is 0.319 e. The van der Waals surface area contributed by atoms with Crippen LogP contribution in [0.2, 0.25) is 0 Å². The summed E-state index contributed by atoms with van der Waals surface area (Å²) in [6, 6.07) is -0.0842. The molecule has 0 heterocycles. The van der Waals surface area contributed by atoms with E-state index in [4.69, 9.17) is 6.42 Å². The van der Waals surface area contributed by atoms with Gasteiger partial charge in [0, 0.05) is 0 Å². The van der Waals surface area contributed by atoms with Crippen molar-refractivity contribution in [1.29, 1.82) is 0 Å². The SMILES string of the molecule is C#CC(C)NCC(=O)OC. The van der Waals surface area contributed by atoms with Gasteiger partial charge in [-0.25, -0.2) is 0 Å². The van der Waals surface area contributed by atoms with Crippen LogP contribution in [0.15, 0.2) is 0 Å². The highest BCUT2D eigenvalue weighted by atomic mass is 16.5. The summed E-state index contributed by atoms with van der Waals surface area (Å²) in [6.07, 6.45) is 5.04. The molecular formula is C7H11NO2. The number of methoxy groups -OCH3 is 1. The lowest BCUT2D eigenvalue weighted by molar-refractivity contribution is -0.139. The summed E-state index contributed by atoms with van der Waals surface area (Å²) in [4.78, 5) is 10.5. The van der Waals surface area contributed by atoms with Gasteiger partial charge in [0.25, 0.3) is 0 Å². The zero-order valence-electron chi connectivity index (χ0n) is 6.18. The molecule has 0 rings (SSSR count). The first-order valence-corrected chi connectivity index (χ1v) is 2.97. The monoisotopic (exact) mass is 141 g/mol. The van der Waals surface area contributed by atoms with E-state index in [0.29, 0.717) is 0 Å². The third-order valence-corrected chi connectivity index (χ3v) is 1.03. The summed E-state index contributed by atoms with van der Waals surface area (Å²) < 4.78 is 4.38. The first-order chi connectivity index (χ1) is 4.70. The highest BCUT2D eigenvalue weighted by Gasteiger charge is 2.00. The van der Waals surface area contributed by atoms with E-state index < -0.39 is 0 Å². The average Bonchev–Trinajstić information content (AvgIpc) is 1.99. The number of hydrogen-bond acceptors (Lipinski definition) is 3. The summed E-state index contributed by atoms with van der Waals surface area (Å²) in [6.45, 7) is 1.96. The zero-order valence-corrected chi connectivity index (χ0v) is 6.18. The second-order valence-corrected chi connectivity index (χ2v) is 1.85. The number of carbonyl (C=O) groups excluding carboxylic acids is 1. The standard InChI is InChI=1S/C7H11NO2/c1-4-6(2)8-5-7(9)10-3/h1,6,8H,5H2,2-3H3. The van der Waals surface area contributed by atoms with Crippen molar-refractivity contribution in [2.75, 3.05) is 13.7 Å². The molecule has 0 aromatic heterocycles. The van der Waals surface area contributed by atoms with Crippen molar-refractivity contribution in [3.63, 3.8) is 0 Å². The molecule has 1 atom stereocenters. The molecule has 3 heteroatoms. The van der Waals surface area contributed by atoms with E-state index >= 15 is 0 Å². The van der Waals surface area contributed by atoms with Crippen LogP contribution < -0.4 is 5.32 Å². The lowest BCUT2D eigenvalue weighted by Crippen LogP contribution is -2.30. The van der Waals surface area contributed by atoms with E-state index in [-0.39, 0.29) is 18.6 Å². The van der Waals surface area contributed by atoms with E-state index in [0.717, 1.165) is 0 Å². The Morgan fingerprint density at radius 3 is 2.90 bits per heavy atom. The van der Waals surface area contributed by atoms with Crippen LogP contribution in [0.1, 0.15) is 6.92 Å². The fraction of sp³-hybridized carbons (Fsp3) is 0.571. The average molecular weight is 141 g/mol. The topological polar surface area (TPSA) is 38.3 Å². The first kappa shape index (κ1) is 8.99. The summed E-state index contributed by atoms with van der Waals surface area (Å²) in [7, 11) is 1.34. The molecule has 0 aliphatic rings. The van der Waals surface area contributed by atoms with Gasteiger partial charge in [-0.2, -0.15) is 0 Å². The van der Waals surface area contributed by atoms with E-state index in [9.17, 15) is 4.79 Å². The first-order valence-electron chi connectivity index (χ1n) is 2.97. The second kappa shape index (κ2) is 4.83. The van der Waals surface area contributed by atoms with E-state index in [2.05, 4.69) is 16.0 Å². The summed E-state index contributed by atoms with van der Waals surface area (Å²) in [5.74, 6) is 2.12. The van der Waals surface area contributed by atoms with Crippen LogP contribution in [0.4, 0.5) is 0 Å². The molecule has 0 aliphatic carbocycles. The largest absolute Gasteiger partial charge is 0.468 e.